The van der Waals surface area contributed by atoms with Crippen molar-refractivity contribution in [2.24, 2.45) is 5.92 Å². The van der Waals surface area contributed by atoms with Crippen molar-refractivity contribution in [3.05, 3.63) is 0 Å². The van der Waals surface area contributed by atoms with Gasteiger partial charge in [0.15, 0.2) is 0 Å². The van der Waals surface area contributed by atoms with Gasteiger partial charge in [0, 0.05) is 5.92 Å². The number of rotatable bonds is 0. The molecule has 0 N–H and O–H groups in total. The minimum absolute atomic E-state index is 0.238. The first kappa shape index (κ1) is 10.4. The van der Waals surface area contributed by atoms with Crippen molar-refractivity contribution >= 4 is 29.7 Å². The molecule has 76 valence electrons. The fraction of sp³-hybridized carbons (Fsp3) is 1.00. The van der Waals surface area contributed by atoms with Gasteiger partial charge in [0.1, 0.15) is 0 Å². The van der Waals surface area contributed by atoms with Crippen LogP contribution in [0.2, 0.25) is 0 Å². The second kappa shape index (κ2) is 3.82. The maximum atomic E-state index is 5.72. The Bertz CT molecular complexity index is 246. The lowest BCUT2D eigenvalue weighted by Gasteiger charge is -2.42. The molecule has 1 aliphatic heterocycles. The minimum atomic E-state index is -2.20. The molecule has 0 aromatic carbocycles. The maximum absolute atomic E-state index is 5.72. The Morgan fingerprint density at radius 3 is 2.77 bits per heavy atom. The van der Waals surface area contributed by atoms with Gasteiger partial charge in [-0.3, -0.25) is 0 Å². The summed E-state index contributed by atoms with van der Waals surface area (Å²) in [4.78, 5) is 0. The van der Waals surface area contributed by atoms with Gasteiger partial charge in [0.25, 0.3) is 0 Å². The molecule has 2 nitrogen and oxygen atoms in total. The van der Waals surface area contributed by atoms with Crippen LogP contribution in [0.5, 0.6) is 0 Å². The Morgan fingerprint density at radius 1 is 1.31 bits per heavy atom. The molecule has 5 heteroatoms. The van der Waals surface area contributed by atoms with Gasteiger partial charge in [-0.1, -0.05) is 25.1 Å². The Labute approximate surface area is 89.7 Å². The van der Waals surface area contributed by atoms with Gasteiger partial charge in [-0.15, -0.1) is 0 Å². The highest BCUT2D eigenvalue weighted by atomic mass is 32.9. The molecule has 4 atom stereocenters. The molecule has 1 aliphatic carbocycles. The first-order valence-corrected chi connectivity index (χ1v) is 8.57. The summed E-state index contributed by atoms with van der Waals surface area (Å²) in [6.45, 7) is 2.10. The molecular weight excluding hydrogens is 223 g/mol. The maximum Gasteiger partial charge on any atom is 0.244 e. The van der Waals surface area contributed by atoms with Crippen molar-refractivity contribution < 1.29 is 9.05 Å². The van der Waals surface area contributed by atoms with Gasteiger partial charge in [-0.05, 0) is 31.6 Å². The highest BCUT2D eigenvalue weighted by Crippen LogP contribution is 2.61. The fourth-order valence-electron chi connectivity index (χ4n) is 2.28. The molecule has 1 saturated carbocycles. The third-order valence-corrected chi connectivity index (χ3v) is 5.14. The van der Waals surface area contributed by atoms with Crippen molar-refractivity contribution in [2.45, 2.75) is 44.8 Å². The minimum Gasteiger partial charge on any atom is -0.318 e. The zero-order valence-corrected chi connectivity index (χ0v) is 10.3. The molecule has 13 heavy (non-hydrogen) atoms. The monoisotopic (exact) mass is 238 g/mol. The largest absolute Gasteiger partial charge is 0.318 e. The van der Waals surface area contributed by atoms with E-state index in [0.29, 0.717) is 12.0 Å². The van der Waals surface area contributed by atoms with Crippen LogP contribution in [0, 0.1) is 5.92 Å². The number of thiol groups is 1. The zero-order valence-electron chi connectivity index (χ0n) is 7.68. The van der Waals surface area contributed by atoms with Gasteiger partial charge < -0.3 is 9.05 Å². The van der Waals surface area contributed by atoms with Gasteiger partial charge in [-0.2, -0.15) is 0 Å². The van der Waals surface area contributed by atoms with Crippen molar-refractivity contribution in [3.8, 4) is 0 Å². The Morgan fingerprint density at radius 2 is 2.00 bits per heavy atom. The van der Waals surface area contributed by atoms with Gasteiger partial charge in [0.2, 0.25) is 5.69 Å². The van der Waals surface area contributed by atoms with E-state index in [0.717, 1.165) is 6.42 Å². The summed E-state index contributed by atoms with van der Waals surface area (Å²) >= 11 is 9.45. The van der Waals surface area contributed by atoms with Gasteiger partial charge in [-0.25, -0.2) is 0 Å². The summed E-state index contributed by atoms with van der Waals surface area (Å²) in [7, 11) is 0. The fourth-order valence-corrected chi connectivity index (χ4v) is 5.06. The van der Waals surface area contributed by atoms with Crippen molar-refractivity contribution in [1.82, 2.24) is 0 Å². The van der Waals surface area contributed by atoms with Crippen molar-refractivity contribution in [3.63, 3.8) is 0 Å². The van der Waals surface area contributed by atoms with Crippen molar-refractivity contribution in [1.29, 1.82) is 0 Å². The predicted octanol–water partition coefficient (Wildman–Crippen LogP) is 3.13. The van der Waals surface area contributed by atoms with Gasteiger partial charge in [0.05, 0.1) is 12.2 Å². The van der Waals surface area contributed by atoms with Gasteiger partial charge >= 0.3 is 0 Å². The highest BCUT2D eigenvalue weighted by Gasteiger charge is 2.40. The van der Waals surface area contributed by atoms with E-state index in [2.05, 4.69) is 19.2 Å². The average Bonchev–Trinajstić information content (AvgIpc) is 2.02. The Kier molecular flexibility index (Phi) is 3.07. The van der Waals surface area contributed by atoms with Crippen LogP contribution in [-0.2, 0) is 20.9 Å². The second-order valence-electron chi connectivity index (χ2n) is 3.87. The quantitative estimate of drug-likeness (QED) is 0.516. The molecule has 2 fully saturated rings. The lowest BCUT2D eigenvalue weighted by atomic mass is 9.83. The van der Waals surface area contributed by atoms with Crippen LogP contribution in [0.3, 0.4) is 0 Å². The topological polar surface area (TPSA) is 18.5 Å². The molecule has 0 amide bonds. The summed E-state index contributed by atoms with van der Waals surface area (Å²) in [5.74, 6) is 0.553. The van der Waals surface area contributed by atoms with Crippen LogP contribution < -0.4 is 0 Å². The molecule has 1 saturated heterocycles. The van der Waals surface area contributed by atoms with E-state index in [4.69, 9.17) is 20.9 Å². The van der Waals surface area contributed by atoms with E-state index in [1.807, 2.05) is 0 Å². The summed E-state index contributed by atoms with van der Waals surface area (Å²) in [5, 5.41) is 0. The Balaban J connectivity index is 2.12. The third kappa shape index (κ3) is 2.29. The third-order valence-electron chi connectivity index (χ3n) is 2.92. The van der Waals surface area contributed by atoms with E-state index >= 15 is 0 Å². The molecule has 2 rings (SSSR count). The van der Waals surface area contributed by atoms with Crippen LogP contribution in [0.25, 0.3) is 0 Å². The Hall–Kier alpha value is 0.920. The van der Waals surface area contributed by atoms with Crippen LogP contribution in [-0.4, -0.2) is 12.2 Å². The summed E-state index contributed by atoms with van der Waals surface area (Å²) in [5.41, 5.74) is -2.20. The normalized spacial score (nSPS) is 51.4. The summed E-state index contributed by atoms with van der Waals surface area (Å²) in [6.07, 6.45) is 5.47. The lowest BCUT2D eigenvalue weighted by molar-refractivity contribution is -0.0183. The molecule has 1 heterocycles. The molecule has 0 aromatic heterocycles. The molecule has 2 aliphatic rings. The number of hydrogen-bond acceptors (Lipinski definition) is 3. The van der Waals surface area contributed by atoms with E-state index < -0.39 is 5.69 Å². The smallest absolute Gasteiger partial charge is 0.244 e. The van der Waals surface area contributed by atoms with Crippen LogP contribution in [0.15, 0.2) is 0 Å². The van der Waals surface area contributed by atoms with Crippen molar-refractivity contribution in [2.75, 3.05) is 0 Å². The molecule has 0 spiro atoms. The molecular formula is C8H15O2PS2. The molecule has 0 aromatic rings. The van der Waals surface area contributed by atoms with Crippen LogP contribution in [0.4, 0.5) is 0 Å². The molecule has 0 bridgehead atoms. The zero-order chi connectivity index (χ0) is 9.47. The van der Waals surface area contributed by atoms with Crippen LogP contribution >= 0.6 is 17.9 Å². The van der Waals surface area contributed by atoms with Crippen LogP contribution in [0.1, 0.15) is 32.6 Å². The van der Waals surface area contributed by atoms with E-state index in [1.165, 1.54) is 19.3 Å². The number of hydrogen-bond donors (Lipinski definition) is 1. The van der Waals surface area contributed by atoms with E-state index in [9.17, 15) is 0 Å². The van der Waals surface area contributed by atoms with E-state index in [1.54, 1.807) is 0 Å². The van der Waals surface area contributed by atoms with E-state index in [-0.39, 0.29) is 6.10 Å². The first-order valence-electron chi connectivity index (χ1n) is 4.78. The predicted molar refractivity (Wildman–Crippen MR) is 60.6 cm³/mol. The average molecular weight is 238 g/mol. The lowest BCUT2D eigenvalue weighted by Crippen LogP contribution is -2.38. The standard InChI is InChI=1S/C8H15O2PS2/c1-6-7-4-2-3-5-8(7)10-11(12,13)9-6/h6-8H,2-5H2,1H3,(H,12,13). The molecule has 0 radical (unpaired) electrons. The summed E-state index contributed by atoms with van der Waals surface area (Å²) < 4.78 is 11.3. The number of fused-ring (bicyclic) bond motifs is 1. The molecule has 4 unspecified atom stereocenters. The first-order chi connectivity index (χ1) is 6.08. The second-order valence-corrected chi connectivity index (χ2v) is 9.06. The SMILES string of the molecule is CC1OP(=S)(S)OC2CCCCC12. The highest BCUT2D eigenvalue weighted by molar-refractivity contribution is 8.60. The summed E-state index contributed by atoms with van der Waals surface area (Å²) in [6, 6.07) is 0.